The number of carbonyl (C=O) groups excluding carboxylic acids is 2. The first-order chi connectivity index (χ1) is 19.5. The molecule has 1 aliphatic rings. The molecule has 2 amide bonds. The van der Waals surface area contributed by atoms with Crippen LogP contribution in [-0.4, -0.2) is 42.9 Å². The third-order valence-electron chi connectivity index (χ3n) is 7.46. The molecule has 0 unspecified atom stereocenters. The molecule has 0 spiro atoms. The van der Waals surface area contributed by atoms with Crippen molar-refractivity contribution in [3.8, 4) is 11.1 Å². The minimum Gasteiger partial charge on any atom is -0.354 e. The minimum atomic E-state index is -3.97. The summed E-state index contributed by atoms with van der Waals surface area (Å²) in [4.78, 5) is 28.2. The fourth-order valence-corrected chi connectivity index (χ4v) is 6.07. The predicted molar refractivity (Wildman–Crippen MR) is 158 cm³/mol. The molecule has 2 N–H and O–H groups in total. The monoisotopic (exact) mass is 580 g/mol. The van der Waals surface area contributed by atoms with Crippen LogP contribution in [-0.2, 0) is 26.2 Å². The van der Waals surface area contributed by atoms with E-state index in [4.69, 9.17) is 4.52 Å². The van der Waals surface area contributed by atoms with E-state index in [9.17, 15) is 18.0 Å². The molecule has 9 nitrogen and oxygen atoms in total. The van der Waals surface area contributed by atoms with Crippen LogP contribution in [0, 0.1) is 25.7 Å². The standard InChI is InChI=1S/C31H40N4O5S/c1-6-9-28(36)35(29(20(2)3)30(37)32-18-23-12-13-23)19-24-14-16-25(17-15-24)26-10-7-8-11-27(26)41(38,39)34-31-21(4)22(5)33-40-31/h7-8,10-11,14-17,20,23,29,34H,6,9,12-13,18-19H2,1-5H3,(H,32,37)/t29-/m0/s1. The zero-order valence-electron chi connectivity index (χ0n) is 24.4. The number of aromatic nitrogens is 1. The van der Waals surface area contributed by atoms with Crippen molar-refractivity contribution in [3.05, 3.63) is 65.4 Å². The van der Waals surface area contributed by atoms with Crippen molar-refractivity contribution in [1.29, 1.82) is 0 Å². The average molecular weight is 581 g/mol. The van der Waals surface area contributed by atoms with E-state index in [1.807, 2.05) is 45.0 Å². The first-order valence-corrected chi connectivity index (χ1v) is 15.7. The summed E-state index contributed by atoms with van der Waals surface area (Å²) >= 11 is 0. The highest BCUT2D eigenvalue weighted by Crippen LogP contribution is 2.31. The number of hydrogen-bond acceptors (Lipinski definition) is 6. The van der Waals surface area contributed by atoms with Crippen LogP contribution in [0.15, 0.2) is 57.9 Å². The number of carbonyl (C=O) groups is 2. The van der Waals surface area contributed by atoms with Gasteiger partial charge in [-0.2, -0.15) is 0 Å². The van der Waals surface area contributed by atoms with Gasteiger partial charge in [0.25, 0.3) is 10.0 Å². The molecule has 0 saturated heterocycles. The molecule has 1 atom stereocenters. The van der Waals surface area contributed by atoms with Crippen LogP contribution < -0.4 is 10.0 Å². The van der Waals surface area contributed by atoms with Gasteiger partial charge in [-0.15, -0.1) is 0 Å². The molecule has 3 aromatic rings. The molecule has 2 aromatic carbocycles. The molecule has 10 heteroatoms. The largest absolute Gasteiger partial charge is 0.354 e. The molecule has 0 bridgehead atoms. The van der Waals surface area contributed by atoms with Crippen molar-refractivity contribution < 1.29 is 22.5 Å². The third-order valence-corrected chi connectivity index (χ3v) is 8.85. The molecule has 41 heavy (non-hydrogen) atoms. The van der Waals surface area contributed by atoms with Crippen molar-refractivity contribution in [3.63, 3.8) is 0 Å². The Morgan fingerprint density at radius 3 is 2.34 bits per heavy atom. The lowest BCUT2D eigenvalue weighted by molar-refractivity contribution is -0.143. The highest BCUT2D eigenvalue weighted by molar-refractivity contribution is 7.92. The molecule has 1 heterocycles. The summed E-state index contributed by atoms with van der Waals surface area (Å²) in [5.74, 6) is 0.403. The Bertz CT molecular complexity index is 1480. The molecule has 0 radical (unpaired) electrons. The van der Waals surface area contributed by atoms with Gasteiger partial charge in [0.15, 0.2) is 0 Å². The van der Waals surface area contributed by atoms with Crippen LogP contribution >= 0.6 is 0 Å². The van der Waals surface area contributed by atoms with Gasteiger partial charge in [0.05, 0.1) is 10.6 Å². The molecular formula is C31H40N4O5S. The zero-order valence-corrected chi connectivity index (χ0v) is 25.3. The van der Waals surface area contributed by atoms with Crippen LogP contribution in [0.2, 0.25) is 0 Å². The molecule has 0 aliphatic heterocycles. The Kier molecular flexibility index (Phi) is 9.53. The van der Waals surface area contributed by atoms with Crippen molar-refractivity contribution in [2.45, 2.75) is 77.8 Å². The molecule has 1 aliphatic carbocycles. The topological polar surface area (TPSA) is 122 Å². The highest BCUT2D eigenvalue weighted by Gasteiger charge is 2.33. The molecule has 1 aromatic heterocycles. The first-order valence-electron chi connectivity index (χ1n) is 14.2. The van der Waals surface area contributed by atoms with Gasteiger partial charge in [-0.05, 0) is 62.1 Å². The van der Waals surface area contributed by atoms with Gasteiger partial charge in [-0.3, -0.25) is 9.59 Å². The number of sulfonamides is 1. The molecule has 1 saturated carbocycles. The number of benzene rings is 2. The number of anilines is 1. The molecule has 4 rings (SSSR count). The maximum atomic E-state index is 13.3. The summed E-state index contributed by atoms with van der Waals surface area (Å²) in [5, 5.41) is 6.89. The number of nitrogens with zero attached hydrogens (tertiary/aromatic N) is 2. The molecular weight excluding hydrogens is 540 g/mol. The van der Waals surface area contributed by atoms with Crippen LogP contribution in [0.25, 0.3) is 11.1 Å². The van der Waals surface area contributed by atoms with E-state index in [1.165, 1.54) is 0 Å². The quantitative estimate of drug-likeness (QED) is 0.278. The van der Waals surface area contributed by atoms with Crippen molar-refractivity contribution in [2.24, 2.45) is 11.8 Å². The summed E-state index contributed by atoms with van der Waals surface area (Å²) in [6, 6.07) is 13.6. The predicted octanol–water partition coefficient (Wildman–Crippen LogP) is 5.44. The van der Waals surface area contributed by atoms with Gasteiger partial charge in [-0.25, -0.2) is 13.1 Å². The van der Waals surface area contributed by atoms with Crippen LogP contribution in [0.5, 0.6) is 0 Å². The van der Waals surface area contributed by atoms with Gasteiger partial charge < -0.3 is 14.7 Å². The van der Waals surface area contributed by atoms with E-state index in [2.05, 4.69) is 15.2 Å². The summed E-state index contributed by atoms with van der Waals surface area (Å²) in [5.41, 5.74) is 3.31. The second-order valence-electron chi connectivity index (χ2n) is 11.2. The minimum absolute atomic E-state index is 0.0580. The van der Waals surface area contributed by atoms with Gasteiger partial charge in [0.2, 0.25) is 17.7 Å². The van der Waals surface area contributed by atoms with Crippen molar-refractivity contribution in [2.75, 3.05) is 11.3 Å². The summed E-state index contributed by atoms with van der Waals surface area (Å²) in [6.07, 6.45) is 3.32. The van der Waals surface area contributed by atoms with Gasteiger partial charge in [0, 0.05) is 30.6 Å². The number of aryl methyl sites for hydroxylation is 1. The Hall–Kier alpha value is -3.66. The Labute approximate surface area is 242 Å². The third kappa shape index (κ3) is 7.35. The van der Waals surface area contributed by atoms with Gasteiger partial charge in [-0.1, -0.05) is 68.4 Å². The maximum Gasteiger partial charge on any atom is 0.264 e. The SMILES string of the molecule is CCCC(=O)N(Cc1ccc(-c2ccccc2S(=O)(=O)Nc2onc(C)c2C)cc1)[C@H](C(=O)NCC1CC1)C(C)C. The molecule has 1 fully saturated rings. The number of amides is 2. The van der Waals surface area contributed by atoms with E-state index in [0.29, 0.717) is 47.7 Å². The second kappa shape index (κ2) is 12.9. The maximum absolute atomic E-state index is 13.3. The lowest BCUT2D eigenvalue weighted by Gasteiger charge is -2.34. The highest BCUT2D eigenvalue weighted by atomic mass is 32.2. The van der Waals surface area contributed by atoms with Gasteiger partial charge in [0.1, 0.15) is 6.04 Å². The van der Waals surface area contributed by atoms with E-state index in [-0.39, 0.29) is 35.1 Å². The van der Waals surface area contributed by atoms with E-state index in [1.54, 1.807) is 43.0 Å². The number of rotatable bonds is 13. The lowest BCUT2D eigenvalue weighted by Crippen LogP contribution is -2.52. The van der Waals surface area contributed by atoms with Crippen molar-refractivity contribution >= 4 is 27.7 Å². The van der Waals surface area contributed by atoms with Crippen molar-refractivity contribution in [1.82, 2.24) is 15.4 Å². The normalized spacial score (nSPS) is 14.1. The van der Waals surface area contributed by atoms with Gasteiger partial charge >= 0.3 is 0 Å². The zero-order chi connectivity index (χ0) is 29.7. The fraction of sp³-hybridized carbons (Fsp3) is 0.452. The summed E-state index contributed by atoms with van der Waals surface area (Å²) < 4.78 is 34.3. The Morgan fingerprint density at radius 2 is 1.76 bits per heavy atom. The van der Waals surface area contributed by atoms with E-state index < -0.39 is 16.1 Å². The smallest absolute Gasteiger partial charge is 0.264 e. The lowest BCUT2D eigenvalue weighted by atomic mass is 9.99. The Balaban J connectivity index is 1.58. The average Bonchev–Trinajstić information content (AvgIpc) is 3.73. The number of hydrogen-bond donors (Lipinski definition) is 2. The van der Waals surface area contributed by atoms with Crippen LogP contribution in [0.4, 0.5) is 5.88 Å². The summed E-state index contributed by atoms with van der Waals surface area (Å²) in [7, 11) is -3.97. The Morgan fingerprint density at radius 1 is 1.07 bits per heavy atom. The second-order valence-corrected chi connectivity index (χ2v) is 12.8. The van der Waals surface area contributed by atoms with Crippen LogP contribution in [0.3, 0.4) is 0 Å². The number of nitrogens with one attached hydrogen (secondary N) is 2. The summed E-state index contributed by atoms with van der Waals surface area (Å²) in [6.45, 7) is 10.3. The van der Waals surface area contributed by atoms with E-state index >= 15 is 0 Å². The van der Waals surface area contributed by atoms with Crippen LogP contribution in [0.1, 0.15) is 63.3 Å². The van der Waals surface area contributed by atoms with E-state index in [0.717, 1.165) is 18.4 Å². The first kappa shape index (κ1) is 30.3. The molecule has 220 valence electrons. The fourth-order valence-electron chi connectivity index (χ4n) is 4.79.